The average molecular weight is 503 g/mol. The van der Waals surface area contributed by atoms with Gasteiger partial charge in [0.1, 0.15) is 18.1 Å². The van der Waals surface area contributed by atoms with Crippen molar-refractivity contribution < 1.29 is 61.3 Å². The van der Waals surface area contributed by atoms with Crippen LogP contribution in [0.25, 0.3) is 0 Å². The molecule has 34 heavy (non-hydrogen) atoms. The van der Waals surface area contributed by atoms with E-state index in [1.165, 1.54) is 13.8 Å². The van der Waals surface area contributed by atoms with Crippen LogP contribution in [-0.2, 0) is 28.7 Å². The van der Waals surface area contributed by atoms with Gasteiger partial charge >= 0.3 is 18.0 Å². The normalized spacial score (nSPS) is 13.7. The molecule has 0 aliphatic carbocycles. The van der Waals surface area contributed by atoms with Gasteiger partial charge in [-0.15, -0.1) is 0 Å². The number of aliphatic carboxylic acids is 2. The Bertz CT molecular complexity index is 765. The summed E-state index contributed by atoms with van der Waals surface area (Å²) in [6.45, 7) is 2.92. The number of hydrogen-bond donors (Lipinski definition) is 5. The van der Waals surface area contributed by atoms with Crippen molar-refractivity contribution in [2.45, 2.75) is 76.6 Å². The third-order valence-electron chi connectivity index (χ3n) is 3.90. The zero-order valence-corrected chi connectivity index (χ0v) is 18.1. The Morgan fingerprint density at radius 3 is 1.68 bits per heavy atom. The van der Waals surface area contributed by atoms with E-state index < -0.39 is 98.4 Å². The lowest BCUT2D eigenvalue weighted by molar-refractivity contribution is -0.151. The van der Waals surface area contributed by atoms with E-state index in [9.17, 15) is 46.3 Å². The molecule has 3 amide bonds. The van der Waals surface area contributed by atoms with Crippen LogP contribution >= 0.6 is 0 Å². The van der Waals surface area contributed by atoms with Crippen LogP contribution in [0.1, 0.15) is 39.5 Å². The molecule has 3 atom stereocenters. The van der Waals surface area contributed by atoms with Gasteiger partial charge in [-0.25, -0.2) is 27.2 Å². The van der Waals surface area contributed by atoms with Crippen LogP contribution in [0.4, 0.5) is 22.4 Å². The Labute approximate surface area is 190 Å². The molecule has 0 heterocycles. The molecule has 0 aromatic heterocycles. The lowest BCUT2D eigenvalue weighted by Crippen LogP contribution is -2.57. The van der Waals surface area contributed by atoms with E-state index in [1.54, 1.807) is 5.32 Å². The van der Waals surface area contributed by atoms with E-state index in [-0.39, 0.29) is 0 Å². The highest BCUT2D eigenvalue weighted by Crippen LogP contribution is 2.10. The number of rotatable bonds is 15. The molecule has 0 spiro atoms. The van der Waals surface area contributed by atoms with Crippen molar-refractivity contribution in [2.24, 2.45) is 0 Å². The maximum absolute atomic E-state index is 13.0. The van der Waals surface area contributed by atoms with Gasteiger partial charge in [0, 0.05) is 19.3 Å². The second kappa shape index (κ2) is 14.6. The van der Waals surface area contributed by atoms with Crippen molar-refractivity contribution in [1.29, 1.82) is 0 Å². The SMILES string of the molecule is CC(C)OC(=O)N[C@@H](CCC(=O)O)C(=O)NC(CC(F)F)C(=O)NC(CC(F)F)C(=O)C(=O)O. The predicted octanol–water partition coefficient (Wildman–Crippen LogP) is 0.288. The smallest absolute Gasteiger partial charge is 0.408 e. The maximum atomic E-state index is 13.0. The van der Waals surface area contributed by atoms with Crippen molar-refractivity contribution >= 4 is 35.6 Å². The molecule has 16 heteroatoms. The third kappa shape index (κ3) is 12.5. The Hall–Kier alpha value is -3.46. The van der Waals surface area contributed by atoms with E-state index in [1.807, 2.05) is 10.6 Å². The molecule has 0 aliphatic rings. The van der Waals surface area contributed by atoms with Gasteiger partial charge in [-0.2, -0.15) is 0 Å². The van der Waals surface area contributed by atoms with Crippen LogP contribution in [-0.4, -0.2) is 82.9 Å². The molecule has 0 aromatic carbocycles. The molecular weight excluding hydrogens is 478 g/mol. The van der Waals surface area contributed by atoms with Gasteiger partial charge in [0.05, 0.1) is 6.10 Å². The number of carbonyl (C=O) groups is 6. The lowest BCUT2D eigenvalue weighted by Gasteiger charge is -2.24. The molecular formula is C18H25F4N3O9. The van der Waals surface area contributed by atoms with Crippen LogP contribution in [0.3, 0.4) is 0 Å². The molecule has 2 unspecified atom stereocenters. The van der Waals surface area contributed by atoms with Gasteiger partial charge in [0.2, 0.25) is 24.7 Å². The van der Waals surface area contributed by atoms with Gasteiger partial charge in [-0.1, -0.05) is 0 Å². The first-order chi connectivity index (χ1) is 15.6. The van der Waals surface area contributed by atoms with Crippen LogP contribution < -0.4 is 16.0 Å². The molecule has 5 N–H and O–H groups in total. The topological polar surface area (TPSA) is 188 Å². The fourth-order valence-corrected chi connectivity index (χ4v) is 2.44. The molecule has 12 nitrogen and oxygen atoms in total. The van der Waals surface area contributed by atoms with E-state index >= 15 is 0 Å². The van der Waals surface area contributed by atoms with Gasteiger partial charge in [0.25, 0.3) is 5.78 Å². The number of nitrogens with one attached hydrogen (secondary N) is 3. The number of halogens is 4. The van der Waals surface area contributed by atoms with Crippen molar-refractivity contribution in [3.8, 4) is 0 Å². The Morgan fingerprint density at radius 1 is 0.765 bits per heavy atom. The first kappa shape index (κ1) is 30.5. The first-order valence-electron chi connectivity index (χ1n) is 9.77. The zero-order chi connectivity index (χ0) is 26.6. The maximum Gasteiger partial charge on any atom is 0.408 e. The third-order valence-corrected chi connectivity index (χ3v) is 3.90. The van der Waals surface area contributed by atoms with Gasteiger partial charge in [-0.3, -0.25) is 19.2 Å². The first-order valence-corrected chi connectivity index (χ1v) is 9.77. The molecule has 0 saturated heterocycles. The number of ether oxygens (including phenoxy) is 1. The Kier molecular flexibility index (Phi) is 13.2. The van der Waals surface area contributed by atoms with Crippen LogP contribution in [0.15, 0.2) is 0 Å². The Morgan fingerprint density at radius 2 is 1.24 bits per heavy atom. The van der Waals surface area contributed by atoms with Crippen LogP contribution in [0.5, 0.6) is 0 Å². The fraction of sp³-hybridized carbons (Fsp3) is 0.667. The summed E-state index contributed by atoms with van der Waals surface area (Å²) in [7, 11) is 0. The largest absolute Gasteiger partial charge is 0.481 e. The molecule has 0 bridgehead atoms. The summed E-state index contributed by atoms with van der Waals surface area (Å²) in [6, 6.07) is -6.08. The number of hydrogen-bond acceptors (Lipinski definition) is 7. The van der Waals surface area contributed by atoms with E-state index in [0.29, 0.717) is 0 Å². The highest BCUT2D eigenvalue weighted by molar-refractivity contribution is 6.35. The van der Waals surface area contributed by atoms with Gasteiger partial charge < -0.3 is 30.9 Å². The lowest BCUT2D eigenvalue weighted by atomic mass is 10.1. The van der Waals surface area contributed by atoms with Crippen LogP contribution in [0, 0.1) is 0 Å². The highest BCUT2D eigenvalue weighted by Gasteiger charge is 2.34. The van der Waals surface area contributed by atoms with E-state index in [0.717, 1.165) is 0 Å². The van der Waals surface area contributed by atoms with Crippen LogP contribution in [0.2, 0.25) is 0 Å². The van der Waals surface area contributed by atoms with Crippen molar-refractivity contribution in [3.63, 3.8) is 0 Å². The Balaban J connectivity index is 5.63. The minimum atomic E-state index is -3.24. The number of amides is 3. The summed E-state index contributed by atoms with van der Waals surface area (Å²) in [5.74, 6) is -8.25. The number of Topliss-reactive ketones (excluding diaryl/α,β-unsaturated/α-hetero) is 1. The minimum absolute atomic E-state index is 0.539. The summed E-state index contributed by atoms with van der Waals surface area (Å²) >= 11 is 0. The molecule has 0 radical (unpaired) electrons. The van der Waals surface area contributed by atoms with Crippen molar-refractivity contribution in [1.82, 2.24) is 16.0 Å². The summed E-state index contributed by atoms with van der Waals surface area (Å²) in [4.78, 5) is 69.8. The second-order valence-electron chi connectivity index (χ2n) is 7.13. The number of alkyl carbamates (subject to hydrolysis) is 1. The summed E-state index contributed by atoms with van der Waals surface area (Å²) in [6.07, 6.45) is -12.3. The molecule has 0 aromatic rings. The van der Waals surface area contributed by atoms with E-state index in [4.69, 9.17) is 14.9 Å². The number of carboxylic acids is 2. The average Bonchev–Trinajstić information content (AvgIpc) is 2.67. The molecule has 0 saturated carbocycles. The standard InChI is InChI=1S/C18H25F4N3O9/c1-7(2)34-18(33)25-8(3-4-13(26)27)15(29)24-10(6-12(21)22)16(30)23-9(5-11(19)20)14(28)17(31)32/h7-12H,3-6H2,1-2H3,(H,23,30)(H,24,29)(H,25,33)(H,26,27)(H,31,32)/t8-,9?,10?/m0/s1. The number of carbonyl (C=O) groups excluding carboxylic acids is 4. The monoisotopic (exact) mass is 503 g/mol. The molecule has 194 valence electrons. The zero-order valence-electron chi connectivity index (χ0n) is 18.1. The van der Waals surface area contributed by atoms with Gasteiger partial charge in [0.15, 0.2) is 0 Å². The minimum Gasteiger partial charge on any atom is -0.481 e. The molecule has 0 fully saturated rings. The van der Waals surface area contributed by atoms with E-state index in [2.05, 4.69) is 0 Å². The molecule has 0 rings (SSSR count). The highest BCUT2D eigenvalue weighted by atomic mass is 19.3. The number of ketones is 1. The molecule has 0 aliphatic heterocycles. The van der Waals surface area contributed by atoms with Crippen molar-refractivity contribution in [2.75, 3.05) is 0 Å². The summed E-state index contributed by atoms with van der Waals surface area (Å²) < 4.78 is 56.0. The summed E-state index contributed by atoms with van der Waals surface area (Å²) in [5, 5.41) is 22.9. The number of alkyl halides is 4. The number of carboxylic acid groups (broad SMARTS) is 2. The quantitative estimate of drug-likeness (QED) is 0.155. The summed E-state index contributed by atoms with van der Waals surface area (Å²) in [5.41, 5.74) is 0. The fourth-order valence-electron chi connectivity index (χ4n) is 2.44. The second-order valence-corrected chi connectivity index (χ2v) is 7.13. The van der Waals surface area contributed by atoms with Gasteiger partial charge in [-0.05, 0) is 20.3 Å². The predicted molar refractivity (Wildman–Crippen MR) is 103 cm³/mol. The van der Waals surface area contributed by atoms with Crippen molar-refractivity contribution in [3.05, 3.63) is 0 Å².